The van der Waals surface area contributed by atoms with Gasteiger partial charge in [0.25, 0.3) is 0 Å². The van der Waals surface area contributed by atoms with Crippen molar-refractivity contribution in [2.45, 2.75) is 25.7 Å². The Morgan fingerprint density at radius 2 is 1.77 bits per heavy atom. The van der Waals surface area contributed by atoms with Gasteiger partial charge in [-0.1, -0.05) is 19.6 Å². The molecular formula is C8H22N2OSi2. The molecule has 78 valence electrons. The van der Waals surface area contributed by atoms with Gasteiger partial charge in [-0.05, 0) is 7.05 Å². The van der Waals surface area contributed by atoms with E-state index in [4.69, 9.17) is 0 Å². The second kappa shape index (κ2) is 4.92. The van der Waals surface area contributed by atoms with E-state index in [2.05, 4.69) is 30.9 Å². The first-order valence-corrected chi connectivity index (χ1v) is 9.92. The molecule has 0 radical (unpaired) electrons. The molecule has 0 aliphatic rings. The summed E-state index contributed by atoms with van der Waals surface area (Å²) in [4.78, 5) is 13.2. The first kappa shape index (κ1) is 12.9. The fourth-order valence-electron chi connectivity index (χ4n) is 1.09. The Bertz CT molecular complexity index is 183. The van der Waals surface area contributed by atoms with Crippen LogP contribution in [0, 0.1) is 0 Å². The highest BCUT2D eigenvalue weighted by Gasteiger charge is 2.28. The van der Waals surface area contributed by atoms with E-state index in [1.165, 1.54) is 0 Å². The molecule has 0 saturated heterocycles. The van der Waals surface area contributed by atoms with Crippen LogP contribution in [0.5, 0.6) is 0 Å². The molecule has 0 bridgehead atoms. The number of hydrogen-bond donors (Lipinski definition) is 0. The summed E-state index contributed by atoms with van der Waals surface area (Å²) < 4.78 is 2.47. The molecule has 0 unspecified atom stereocenters. The average Bonchev–Trinajstić information content (AvgIpc) is 2.01. The maximum absolute atomic E-state index is 11.5. The summed E-state index contributed by atoms with van der Waals surface area (Å²) in [6, 6.07) is 0.747. The molecule has 5 heteroatoms. The second-order valence-corrected chi connectivity index (χ2v) is 11.2. The largest absolute Gasteiger partial charge is 0.353 e. The van der Waals surface area contributed by atoms with Crippen LogP contribution in [0.3, 0.4) is 0 Å². The summed E-state index contributed by atoms with van der Waals surface area (Å²) in [7, 11) is 4.29. The molecule has 0 aromatic heterocycles. The van der Waals surface area contributed by atoms with Crippen LogP contribution in [-0.4, -0.2) is 54.1 Å². The van der Waals surface area contributed by atoms with Crippen molar-refractivity contribution in [1.82, 2.24) is 9.13 Å². The van der Waals surface area contributed by atoms with E-state index >= 15 is 0 Å². The number of rotatable bonds is 4. The lowest BCUT2D eigenvalue weighted by atomic mass is 10.6. The highest BCUT2D eigenvalue weighted by molar-refractivity contribution is 6.82. The van der Waals surface area contributed by atoms with E-state index in [0.29, 0.717) is 0 Å². The summed E-state index contributed by atoms with van der Waals surface area (Å²) in [6.07, 6.45) is 0. The van der Waals surface area contributed by atoms with Crippen LogP contribution in [0.4, 0.5) is 0 Å². The normalized spacial score (nSPS) is 12.8. The molecular weight excluding hydrogens is 196 g/mol. The molecule has 13 heavy (non-hydrogen) atoms. The van der Waals surface area contributed by atoms with E-state index in [1.54, 1.807) is 4.90 Å². The zero-order chi connectivity index (χ0) is 10.6. The predicted molar refractivity (Wildman–Crippen MR) is 63.2 cm³/mol. The Kier molecular flexibility index (Phi) is 4.87. The van der Waals surface area contributed by atoms with Gasteiger partial charge in [0, 0.05) is 20.1 Å². The molecule has 0 fully saturated rings. The van der Waals surface area contributed by atoms with Crippen LogP contribution in [-0.2, 0) is 4.79 Å². The predicted octanol–water partition coefficient (Wildman–Crippen LogP) is 0.343. The monoisotopic (exact) mass is 218 g/mol. The molecule has 0 aromatic rings. The minimum Gasteiger partial charge on any atom is -0.353 e. The Morgan fingerprint density at radius 3 is 2.08 bits per heavy atom. The maximum Gasteiger partial charge on any atom is 0.220 e. The average molecular weight is 218 g/mol. The van der Waals surface area contributed by atoms with Crippen LogP contribution in [0.15, 0.2) is 0 Å². The van der Waals surface area contributed by atoms with Gasteiger partial charge in [0.05, 0.1) is 9.68 Å². The zero-order valence-electron chi connectivity index (χ0n) is 9.72. The summed E-state index contributed by atoms with van der Waals surface area (Å²) in [5.41, 5.74) is 0. The van der Waals surface area contributed by atoms with Gasteiger partial charge in [-0.15, -0.1) is 0 Å². The molecule has 0 atom stereocenters. The Hall–Kier alpha value is -0.136. The molecule has 0 aliphatic carbocycles. The number of nitrogens with zero attached hydrogens (tertiary/aromatic N) is 2. The molecule has 0 heterocycles. The van der Waals surface area contributed by atoms with Crippen molar-refractivity contribution >= 4 is 23.8 Å². The molecule has 1 amide bonds. The van der Waals surface area contributed by atoms with Crippen LogP contribution in [0.1, 0.15) is 0 Å². The highest BCUT2D eigenvalue weighted by atomic mass is 28.4. The maximum atomic E-state index is 11.5. The molecule has 0 rings (SSSR count). The van der Waals surface area contributed by atoms with Crippen LogP contribution in [0.2, 0.25) is 25.7 Å². The Balaban J connectivity index is 4.24. The molecule has 3 nitrogen and oxygen atoms in total. The third kappa shape index (κ3) is 4.06. The van der Waals surface area contributed by atoms with Gasteiger partial charge in [0.15, 0.2) is 0 Å². The summed E-state index contributed by atoms with van der Waals surface area (Å²) in [6.45, 7) is 6.81. The van der Waals surface area contributed by atoms with E-state index in [9.17, 15) is 4.79 Å². The molecule has 0 saturated carbocycles. The molecule has 0 aliphatic heterocycles. The number of amides is 1. The van der Waals surface area contributed by atoms with Gasteiger partial charge in [-0.2, -0.15) is 0 Å². The number of hydrogen-bond acceptors (Lipinski definition) is 2. The topological polar surface area (TPSA) is 23.6 Å². The molecule has 0 aromatic carbocycles. The second-order valence-electron chi connectivity index (χ2n) is 4.29. The van der Waals surface area contributed by atoms with E-state index in [0.717, 1.165) is 6.04 Å². The Labute approximate surface area is 85.1 Å². The van der Waals surface area contributed by atoms with Gasteiger partial charge < -0.3 is 9.13 Å². The van der Waals surface area contributed by atoms with Crippen LogP contribution < -0.4 is 0 Å². The van der Waals surface area contributed by atoms with Crippen molar-refractivity contribution in [3.05, 3.63) is 0 Å². The van der Waals surface area contributed by atoms with E-state index in [-0.39, 0.29) is 15.6 Å². The molecule has 0 N–H and O–H groups in total. The lowest BCUT2D eigenvalue weighted by Gasteiger charge is -2.33. The SMILES string of the molecule is C[SiH2]N(C)[Si](C)(C)CC(=O)N(C)C. The van der Waals surface area contributed by atoms with Gasteiger partial charge in [-0.3, -0.25) is 4.79 Å². The summed E-state index contributed by atoms with van der Waals surface area (Å²) in [5.74, 6) is 0.269. The van der Waals surface area contributed by atoms with Gasteiger partial charge >= 0.3 is 0 Å². The first-order chi connectivity index (χ1) is 5.81. The fourth-order valence-corrected chi connectivity index (χ4v) is 6.18. The lowest BCUT2D eigenvalue weighted by molar-refractivity contribution is -0.126. The van der Waals surface area contributed by atoms with Gasteiger partial charge in [-0.25, -0.2) is 0 Å². The Morgan fingerprint density at radius 1 is 1.31 bits per heavy atom. The smallest absolute Gasteiger partial charge is 0.220 e. The van der Waals surface area contributed by atoms with Crippen molar-refractivity contribution in [2.24, 2.45) is 0 Å². The zero-order valence-corrected chi connectivity index (χ0v) is 12.1. The lowest BCUT2D eigenvalue weighted by Crippen LogP contribution is -2.50. The number of carbonyl (C=O) groups is 1. The van der Waals surface area contributed by atoms with Gasteiger partial charge in [0.1, 0.15) is 8.24 Å². The number of carbonyl (C=O) groups excluding carboxylic acids is 1. The third-order valence-electron chi connectivity index (χ3n) is 2.59. The minimum absolute atomic E-state index is 0.109. The minimum atomic E-state index is -1.43. The van der Waals surface area contributed by atoms with Crippen molar-refractivity contribution in [2.75, 3.05) is 21.1 Å². The molecule has 0 spiro atoms. The quantitative estimate of drug-likeness (QED) is 0.636. The van der Waals surface area contributed by atoms with E-state index < -0.39 is 8.24 Å². The fraction of sp³-hybridized carbons (Fsp3) is 0.875. The first-order valence-electron chi connectivity index (χ1n) is 4.72. The summed E-state index contributed by atoms with van der Waals surface area (Å²) >= 11 is 0. The van der Waals surface area contributed by atoms with Crippen molar-refractivity contribution in [3.63, 3.8) is 0 Å². The van der Waals surface area contributed by atoms with Crippen LogP contribution >= 0.6 is 0 Å². The summed E-state index contributed by atoms with van der Waals surface area (Å²) in [5, 5.41) is 0. The van der Waals surface area contributed by atoms with Crippen LogP contribution in [0.25, 0.3) is 0 Å². The highest BCUT2D eigenvalue weighted by Crippen LogP contribution is 2.13. The van der Waals surface area contributed by atoms with Crippen molar-refractivity contribution in [1.29, 1.82) is 0 Å². The third-order valence-corrected chi connectivity index (χ3v) is 10.3. The van der Waals surface area contributed by atoms with Crippen molar-refractivity contribution < 1.29 is 4.79 Å². The van der Waals surface area contributed by atoms with Gasteiger partial charge in [0.2, 0.25) is 5.91 Å². The van der Waals surface area contributed by atoms with E-state index in [1.807, 2.05) is 14.1 Å². The standard InChI is InChI=1S/C8H22N2OSi2/c1-9(2)8(11)7-13(5,6)10(3)12-4/h7,12H2,1-6H3. The van der Waals surface area contributed by atoms with Crippen molar-refractivity contribution in [3.8, 4) is 0 Å².